The van der Waals surface area contributed by atoms with E-state index in [1.54, 1.807) is 0 Å². The number of halogens is 3. The lowest BCUT2D eigenvalue weighted by Crippen LogP contribution is -2.25. The highest BCUT2D eigenvalue weighted by atomic mass is 19.4. The number of hydrogen-bond acceptors (Lipinski definition) is 5. The van der Waals surface area contributed by atoms with E-state index in [0.29, 0.717) is 19.8 Å². The van der Waals surface area contributed by atoms with Crippen molar-refractivity contribution in [1.82, 2.24) is 10.1 Å². The molecule has 0 fully saturated rings. The number of fused-ring (bicyclic) bond motifs is 1. The Morgan fingerprint density at radius 2 is 2.05 bits per heavy atom. The Labute approximate surface area is 124 Å². The van der Waals surface area contributed by atoms with Crippen LogP contribution in [0.2, 0.25) is 0 Å². The highest BCUT2D eigenvalue weighted by molar-refractivity contribution is 5.53. The van der Waals surface area contributed by atoms with Gasteiger partial charge in [-0.1, -0.05) is 23.4 Å². The number of anilines is 1. The predicted octanol–water partition coefficient (Wildman–Crippen LogP) is 2.71. The molecule has 0 saturated heterocycles. The molecule has 0 unspecified atom stereocenters. The van der Waals surface area contributed by atoms with Gasteiger partial charge in [0.1, 0.15) is 6.42 Å². The van der Waals surface area contributed by atoms with Gasteiger partial charge >= 0.3 is 6.18 Å². The first-order valence-electron chi connectivity index (χ1n) is 6.80. The van der Waals surface area contributed by atoms with E-state index >= 15 is 0 Å². The fraction of sp³-hybridized carbons (Fsp3) is 0.429. The van der Waals surface area contributed by atoms with Crippen LogP contribution in [0.4, 0.5) is 18.9 Å². The third-order valence-corrected chi connectivity index (χ3v) is 3.29. The highest BCUT2D eigenvalue weighted by Gasteiger charge is 2.30. The number of alkyl halides is 3. The van der Waals surface area contributed by atoms with Gasteiger partial charge in [0.05, 0.1) is 19.8 Å². The van der Waals surface area contributed by atoms with Gasteiger partial charge in [-0.05, 0) is 6.07 Å². The lowest BCUT2D eigenvalue weighted by molar-refractivity contribution is -0.128. The van der Waals surface area contributed by atoms with E-state index in [-0.39, 0.29) is 18.3 Å². The smallest absolute Gasteiger partial charge is 0.375 e. The lowest BCUT2D eigenvalue weighted by atomic mass is 10.1. The molecule has 0 bridgehead atoms. The Morgan fingerprint density at radius 3 is 2.86 bits per heavy atom. The van der Waals surface area contributed by atoms with Gasteiger partial charge in [0.15, 0.2) is 5.82 Å². The van der Waals surface area contributed by atoms with Gasteiger partial charge in [-0.25, -0.2) is 0 Å². The Morgan fingerprint density at radius 1 is 1.23 bits per heavy atom. The van der Waals surface area contributed by atoms with E-state index in [1.165, 1.54) is 0 Å². The first-order chi connectivity index (χ1) is 10.5. The number of hydrogen-bond donors (Lipinski definition) is 0. The van der Waals surface area contributed by atoms with Crippen molar-refractivity contribution in [2.24, 2.45) is 0 Å². The van der Waals surface area contributed by atoms with Gasteiger partial charge in [0, 0.05) is 17.8 Å². The molecular weight excluding hydrogens is 299 g/mol. The minimum Gasteiger partial charge on any atom is -0.375 e. The number of benzene rings is 1. The monoisotopic (exact) mass is 313 g/mol. The molecule has 1 aliphatic rings. The predicted molar refractivity (Wildman–Crippen MR) is 71.2 cm³/mol. The van der Waals surface area contributed by atoms with Crippen LogP contribution in [-0.2, 0) is 24.3 Å². The maximum Gasteiger partial charge on any atom is 0.396 e. The van der Waals surface area contributed by atoms with Crippen LogP contribution in [0.15, 0.2) is 28.8 Å². The fourth-order valence-electron chi connectivity index (χ4n) is 2.35. The molecule has 0 amide bonds. The van der Waals surface area contributed by atoms with Gasteiger partial charge in [0.2, 0.25) is 5.89 Å². The van der Waals surface area contributed by atoms with Gasteiger partial charge in [-0.3, -0.25) is 0 Å². The number of rotatable bonds is 3. The average molecular weight is 313 g/mol. The van der Waals surface area contributed by atoms with Crippen molar-refractivity contribution >= 4 is 5.69 Å². The molecule has 8 heteroatoms. The van der Waals surface area contributed by atoms with Gasteiger partial charge in [0.25, 0.3) is 0 Å². The summed E-state index contributed by atoms with van der Waals surface area (Å²) in [5.41, 5.74) is 1.99. The van der Waals surface area contributed by atoms with E-state index < -0.39 is 12.6 Å². The first kappa shape index (κ1) is 14.8. The molecule has 22 heavy (non-hydrogen) atoms. The highest BCUT2D eigenvalue weighted by Crippen LogP contribution is 2.25. The second-order valence-corrected chi connectivity index (χ2v) is 5.00. The summed E-state index contributed by atoms with van der Waals surface area (Å²) >= 11 is 0. The molecule has 0 aliphatic carbocycles. The molecule has 5 nitrogen and oxygen atoms in total. The van der Waals surface area contributed by atoms with Crippen molar-refractivity contribution in [3.8, 4) is 0 Å². The van der Waals surface area contributed by atoms with Crippen LogP contribution < -0.4 is 4.90 Å². The fourth-order valence-corrected chi connectivity index (χ4v) is 2.35. The van der Waals surface area contributed by atoms with Crippen LogP contribution in [0.3, 0.4) is 0 Å². The van der Waals surface area contributed by atoms with Crippen molar-refractivity contribution in [1.29, 1.82) is 0 Å². The number of nitrogens with zero attached hydrogens (tertiary/aromatic N) is 3. The average Bonchev–Trinajstić information content (AvgIpc) is 2.77. The molecule has 0 saturated carbocycles. The van der Waals surface area contributed by atoms with Crippen molar-refractivity contribution in [3.63, 3.8) is 0 Å². The Bertz CT molecular complexity index is 642. The van der Waals surface area contributed by atoms with E-state index in [4.69, 9.17) is 9.26 Å². The molecule has 1 aliphatic heterocycles. The van der Waals surface area contributed by atoms with Crippen LogP contribution in [-0.4, -0.2) is 29.5 Å². The summed E-state index contributed by atoms with van der Waals surface area (Å²) in [6, 6.07) is 7.72. The van der Waals surface area contributed by atoms with Crippen LogP contribution in [0, 0.1) is 0 Å². The normalized spacial score (nSPS) is 15.5. The molecule has 3 rings (SSSR count). The van der Waals surface area contributed by atoms with Crippen LogP contribution in [0.5, 0.6) is 0 Å². The zero-order valence-electron chi connectivity index (χ0n) is 11.6. The van der Waals surface area contributed by atoms with Crippen LogP contribution in [0.1, 0.15) is 17.3 Å². The van der Waals surface area contributed by atoms with Crippen LogP contribution >= 0.6 is 0 Å². The van der Waals surface area contributed by atoms with Crippen molar-refractivity contribution < 1.29 is 22.4 Å². The summed E-state index contributed by atoms with van der Waals surface area (Å²) in [7, 11) is 0. The summed E-state index contributed by atoms with van der Waals surface area (Å²) in [6.45, 7) is 1.90. The Balaban J connectivity index is 1.76. The minimum absolute atomic E-state index is 0.163. The van der Waals surface area contributed by atoms with E-state index in [2.05, 4.69) is 10.1 Å². The zero-order chi connectivity index (χ0) is 15.6. The standard InChI is InChI=1S/C14H14F3N3O2/c15-14(16,17)7-12-18-13(22-19-12)8-20-5-6-21-9-10-3-1-2-4-11(10)20/h1-4H,5-9H2. The molecule has 1 aromatic carbocycles. The second-order valence-electron chi connectivity index (χ2n) is 5.00. The first-order valence-corrected chi connectivity index (χ1v) is 6.80. The quantitative estimate of drug-likeness (QED) is 0.872. The molecule has 2 aromatic rings. The third-order valence-electron chi connectivity index (χ3n) is 3.29. The third kappa shape index (κ3) is 3.56. The second kappa shape index (κ2) is 5.96. The van der Waals surface area contributed by atoms with Crippen molar-refractivity contribution in [2.75, 3.05) is 18.1 Å². The van der Waals surface area contributed by atoms with Gasteiger partial charge < -0.3 is 14.2 Å². The van der Waals surface area contributed by atoms with Gasteiger partial charge in [-0.2, -0.15) is 18.2 Å². The molecular formula is C14H14F3N3O2. The Kier molecular flexibility index (Phi) is 4.02. The van der Waals surface area contributed by atoms with Crippen molar-refractivity contribution in [2.45, 2.75) is 25.7 Å². The number of para-hydroxylation sites is 1. The molecule has 118 valence electrons. The summed E-state index contributed by atoms with van der Waals surface area (Å²) in [6.07, 6.45) is -5.53. The van der Waals surface area contributed by atoms with Crippen molar-refractivity contribution in [3.05, 3.63) is 41.5 Å². The summed E-state index contributed by atoms with van der Waals surface area (Å²) in [5, 5.41) is 3.38. The number of aromatic nitrogens is 2. The van der Waals surface area contributed by atoms with Crippen LogP contribution in [0.25, 0.3) is 0 Å². The summed E-state index contributed by atoms with van der Waals surface area (Å²) in [5.74, 6) is -0.183. The molecule has 0 N–H and O–H groups in total. The zero-order valence-corrected chi connectivity index (χ0v) is 11.6. The molecule has 1 aromatic heterocycles. The Hall–Kier alpha value is -2.09. The topological polar surface area (TPSA) is 51.4 Å². The largest absolute Gasteiger partial charge is 0.396 e. The lowest BCUT2D eigenvalue weighted by Gasteiger charge is -2.22. The maximum absolute atomic E-state index is 12.3. The SMILES string of the molecule is FC(F)(F)Cc1noc(CN2CCOCc3ccccc32)n1. The van der Waals surface area contributed by atoms with Gasteiger partial charge in [-0.15, -0.1) is 0 Å². The van der Waals surface area contributed by atoms with E-state index in [9.17, 15) is 13.2 Å². The molecule has 2 heterocycles. The minimum atomic E-state index is -4.34. The molecule has 0 atom stereocenters. The van der Waals surface area contributed by atoms with E-state index in [0.717, 1.165) is 11.3 Å². The van der Waals surface area contributed by atoms with E-state index in [1.807, 2.05) is 29.2 Å². The molecule has 0 spiro atoms. The maximum atomic E-state index is 12.3. The summed E-state index contributed by atoms with van der Waals surface area (Å²) < 4.78 is 47.4. The number of ether oxygens (including phenoxy) is 1. The summed E-state index contributed by atoms with van der Waals surface area (Å²) in [4.78, 5) is 5.78. The molecule has 0 radical (unpaired) electrons.